The highest BCUT2D eigenvalue weighted by Gasteiger charge is 2.18. The highest BCUT2D eigenvalue weighted by Crippen LogP contribution is 2.29. The molecule has 134 valence electrons. The maximum absolute atomic E-state index is 12.1. The van der Waals surface area contributed by atoms with E-state index in [2.05, 4.69) is 20.5 Å². The summed E-state index contributed by atoms with van der Waals surface area (Å²) < 4.78 is 1.86. The van der Waals surface area contributed by atoms with E-state index in [1.165, 1.54) is 18.0 Å². The molecule has 0 radical (unpaired) electrons. The minimum absolute atomic E-state index is 0.115. The summed E-state index contributed by atoms with van der Waals surface area (Å²) in [5, 5.41) is 12.7. The molecule has 2 heterocycles. The van der Waals surface area contributed by atoms with Gasteiger partial charge in [-0.15, -0.1) is 10.2 Å². The minimum Gasteiger partial charge on any atom is -0.325 e. The summed E-state index contributed by atoms with van der Waals surface area (Å²) >= 11 is 13.4. The van der Waals surface area contributed by atoms with Crippen molar-refractivity contribution in [2.45, 2.75) is 18.6 Å². The molecular weight excluding hydrogens is 393 g/mol. The van der Waals surface area contributed by atoms with Gasteiger partial charge in [-0.05, 0) is 25.1 Å². The van der Waals surface area contributed by atoms with E-state index < -0.39 is 0 Å². The number of hydrogen-bond donors (Lipinski definition) is 1. The largest absolute Gasteiger partial charge is 0.325 e. The van der Waals surface area contributed by atoms with Crippen LogP contribution in [-0.4, -0.2) is 31.4 Å². The minimum atomic E-state index is -0.115. The second-order valence-electron chi connectivity index (χ2n) is 5.24. The molecule has 0 atom stereocenters. The van der Waals surface area contributed by atoms with Crippen LogP contribution in [0.2, 0.25) is 10.0 Å². The first kappa shape index (κ1) is 18.7. The molecule has 1 amide bonds. The summed E-state index contributed by atoms with van der Waals surface area (Å²) in [6.45, 7) is 2.58. The second-order valence-corrected chi connectivity index (χ2v) is 7.02. The standard InChI is InChI=1S/C17H15Cl2N5OS/c1-2-24-16(15-13(19)8-11(18)9-20-15)22-23-17(24)26-10-14(25)21-12-6-4-3-5-7-12/h3-9H,2,10H2,1H3,(H,21,25). The first-order valence-electron chi connectivity index (χ1n) is 7.80. The van der Waals surface area contributed by atoms with Gasteiger partial charge in [0, 0.05) is 18.4 Å². The molecule has 0 aliphatic rings. The third kappa shape index (κ3) is 4.35. The molecule has 9 heteroatoms. The zero-order valence-electron chi connectivity index (χ0n) is 13.8. The topological polar surface area (TPSA) is 72.7 Å². The molecule has 0 unspecified atom stereocenters. The second kappa shape index (κ2) is 8.53. The molecule has 0 saturated heterocycles. The van der Waals surface area contributed by atoms with Crippen molar-refractivity contribution in [1.82, 2.24) is 19.7 Å². The molecule has 0 aliphatic heterocycles. The summed E-state index contributed by atoms with van der Waals surface area (Å²) in [4.78, 5) is 16.4. The van der Waals surface area contributed by atoms with Crippen LogP contribution in [0.1, 0.15) is 6.92 Å². The number of hydrogen-bond acceptors (Lipinski definition) is 5. The Bertz CT molecular complexity index is 917. The number of pyridine rings is 1. The molecule has 0 aliphatic carbocycles. The van der Waals surface area contributed by atoms with Crippen molar-refractivity contribution < 1.29 is 4.79 Å². The van der Waals surface area contributed by atoms with E-state index >= 15 is 0 Å². The number of carbonyl (C=O) groups is 1. The van der Waals surface area contributed by atoms with Crippen LogP contribution in [0.25, 0.3) is 11.5 Å². The van der Waals surface area contributed by atoms with Gasteiger partial charge in [0.15, 0.2) is 11.0 Å². The fourth-order valence-electron chi connectivity index (χ4n) is 2.28. The van der Waals surface area contributed by atoms with E-state index in [4.69, 9.17) is 23.2 Å². The monoisotopic (exact) mass is 407 g/mol. The van der Waals surface area contributed by atoms with Gasteiger partial charge in [-0.3, -0.25) is 4.79 Å². The molecule has 0 fully saturated rings. The lowest BCUT2D eigenvalue weighted by Gasteiger charge is -2.08. The lowest BCUT2D eigenvalue weighted by molar-refractivity contribution is -0.113. The van der Waals surface area contributed by atoms with E-state index in [1.54, 1.807) is 6.07 Å². The molecule has 26 heavy (non-hydrogen) atoms. The van der Waals surface area contributed by atoms with Crippen LogP contribution in [0.5, 0.6) is 0 Å². The predicted octanol–water partition coefficient (Wildman–Crippen LogP) is 4.40. The Balaban J connectivity index is 1.73. The molecule has 0 bridgehead atoms. The summed E-state index contributed by atoms with van der Waals surface area (Å²) in [6, 6.07) is 10.9. The molecule has 6 nitrogen and oxygen atoms in total. The number of benzene rings is 1. The first-order chi connectivity index (χ1) is 12.6. The van der Waals surface area contributed by atoms with Gasteiger partial charge in [0.25, 0.3) is 0 Å². The van der Waals surface area contributed by atoms with Crippen LogP contribution in [0, 0.1) is 0 Å². The van der Waals surface area contributed by atoms with Crippen molar-refractivity contribution in [3.63, 3.8) is 0 Å². The Morgan fingerprint density at radius 3 is 2.69 bits per heavy atom. The Hall–Kier alpha value is -2.09. The number of rotatable bonds is 6. The maximum atomic E-state index is 12.1. The Morgan fingerprint density at radius 1 is 1.23 bits per heavy atom. The number of thioether (sulfide) groups is 1. The van der Waals surface area contributed by atoms with Gasteiger partial charge >= 0.3 is 0 Å². The van der Waals surface area contributed by atoms with Crippen LogP contribution in [0.15, 0.2) is 47.8 Å². The smallest absolute Gasteiger partial charge is 0.234 e. The first-order valence-corrected chi connectivity index (χ1v) is 9.55. The lowest BCUT2D eigenvalue weighted by Crippen LogP contribution is -2.14. The Labute approximate surface area is 164 Å². The number of halogens is 2. The van der Waals surface area contributed by atoms with Crippen molar-refractivity contribution in [2.24, 2.45) is 0 Å². The van der Waals surface area contributed by atoms with E-state index in [0.717, 1.165) is 5.69 Å². The normalized spacial score (nSPS) is 10.7. The summed E-state index contributed by atoms with van der Waals surface area (Å²) in [5.41, 5.74) is 1.26. The molecule has 1 N–H and O–H groups in total. The number of nitrogens with one attached hydrogen (secondary N) is 1. The maximum Gasteiger partial charge on any atom is 0.234 e. The molecule has 3 aromatic rings. The van der Waals surface area contributed by atoms with E-state index in [9.17, 15) is 4.79 Å². The number of aromatic nitrogens is 4. The number of para-hydroxylation sites is 1. The predicted molar refractivity (Wildman–Crippen MR) is 105 cm³/mol. The van der Waals surface area contributed by atoms with E-state index in [1.807, 2.05) is 41.8 Å². The number of carbonyl (C=O) groups excluding carboxylic acids is 1. The van der Waals surface area contributed by atoms with Gasteiger partial charge < -0.3 is 9.88 Å². The SMILES string of the molecule is CCn1c(SCC(=O)Nc2ccccc2)nnc1-c1ncc(Cl)cc1Cl. The molecule has 3 rings (SSSR count). The van der Waals surface area contributed by atoms with Gasteiger partial charge in [-0.1, -0.05) is 53.2 Å². The zero-order valence-corrected chi connectivity index (χ0v) is 16.1. The number of nitrogens with zero attached hydrogens (tertiary/aromatic N) is 4. The van der Waals surface area contributed by atoms with E-state index in [-0.39, 0.29) is 11.7 Å². The fraction of sp³-hybridized carbons (Fsp3) is 0.176. The van der Waals surface area contributed by atoms with Crippen molar-refractivity contribution >= 4 is 46.6 Å². The highest BCUT2D eigenvalue weighted by atomic mass is 35.5. The van der Waals surface area contributed by atoms with Crippen LogP contribution < -0.4 is 5.32 Å². The zero-order chi connectivity index (χ0) is 18.5. The van der Waals surface area contributed by atoms with E-state index in [0.29, 0.717) is 33.3 Å². The fourth-order valence-corrected chi connectivity index (χ4v) is 3.55. The Kier molecular flexibility index (Phi) is 6.13. The summed E-state index contributed by atoms with van der Waals surface area (Å²) in [7, 11) is 0. The molecular formula is C17H15Cl2N5OS. The van der Waals surface area contributed by atoms with Crippen LogP contribution in [0.3, 0.4) is 0 Å². The highest BCUT2D eigenvalue weighted by molar-refractivity contribution is 7.99. The summed E-state index contributed by atoms with van der Waals surface area (Å²) in [5.74, 6) is 0.644. The average molecular weight is 408 g/mol. The lowest BCUT2D eigenvalue weighted by atomic mass is 10.3. The van der Waals surface area contributed by atoms with Crippen LogP contribution in [-0.2, 0) is 11.3 Å². The number of amides is 1. The van der Waals surface area contributed by atoms with Gasteiger partial charge in [-0.25, -0.2) is 4.98 Å². The quantitative estimate of drug-likeness (QED) is 0.613. The third-order valence-electron chi connectivity index (χ3n) is 3.44. The Morgan fingerprint density at radius 2 is 2.00 bits per heavy atom. The van der Waals surface area contributed by atoms with Crippen molar-refractivity contribution in [3.8, 4) is 11.5 Å². The van der Waals surface area contributed by atoms with Gasteiger partial charge in [0.1, 0.15) is 5.69 Å². The molecule has 0 spiro atoms. The van der Waals surface area contributed by atoms with Gasteiger partial charge in [-0.2, -0.15) is 0 Å². The molecule has 1 aromatic carbocycles. The third-order valence-corrected chi connectivity index (χ3v) is 4.90. The molecule has 0 saturated carbocycles. The number of anilines is 1. The van der Waals surface area contributed by atoms with Crippen LogP contribution >= 0.6 is 35.0 Å². The summed E-state index contributed by atoms with van der Waals surface area (Å²) in [6.07, 6.45) is 1.51. The van der Waals surface area contributed by atoms with Crippen molar-refractivity contribution in [3.05, 3.63) is 52.6 Å². The van der Waals surface area contributed by atoms with Crippen molar-refractivity contribution in [1.29, 1.82) is 0 Å². The van der Waals surface area contributed by atoms with Gasteiger partial charge in [0.2, 0.25) is 5.91 Å². The van der Waals surface area contributed by atoms with Crippen molar-refractivity contribution in [2.75, 3.05) is 11.1 Å². The average Bonchev–Trinajstić information content (AvgIpc) is 3.03. The van der Waals surface area contributed by atoms with Gasteiger partial charge in [0.05, 0.1) is 15.8 Å². The molecule has 2 aromatic heterocycles. The van der Waals surface area contributed by atoms with Crippen LogP contribution in [0.4, 0.5) is 5.69 Å².